The molecule has 1 aromatic carbocycles. The highest BCUT2D eigenvalue weighted by Crippen LogP contribution is 2.34. The number of hydrogen-bond acceptors (Lipinski definition) is 5. The molecule has 4 aromatic rings. The fourth-order valence-corrected chi connectivity index (χ4v) is 5.32. The highest BCUT2D eigenvalue weighted by atomic mass is 16.2. The minimum atomic E-state index is -0.434. The first kappa shape index (κ1) is 22.7. The number of benzene rings is 1. The molecule has 0 fully saturated rings. The molecule has 37 heavy (non-hydrogen) atoms. The molecule has 1 aliphatic heterocycles. The van der Waals surface area contributed by atoms with Crippen molar-refractivity contribution in [2.75, 3.05) is 0 Å². The van der Waals surface area contributed by atoms with Crippen LogP contribution in [0.5, 0.6) is 0 Å². The van der Waals surface area contributed by atoms with Gasteiger partial charge in [-0.25, -0.2) is 14.6 Å². The molecule has 186 valence electrons. The molecule has 10 heteroatoms. The number of nitrogens with zero attached hydrogens (tertiary/aromatic N) is 6. The Balaban J connectivity index is 1.90. The van der Waals surface area contributed by atoms with Crippen molar-refractivity contribution in [3.8, 4) is 16.9 Å². The van der Waals surface area contributed by atoms with E-state index in [1.54, 1.807) is 26.1 Å². The first-order valence-electron chi connectivity index (χ1n) is 12.1. The van der Waals surface area contributed by atoms with Crippen LogP contribution < -0.4 is 22.5 Å². The van der Waals surface area contributed by atoms with Crippen molar-refractivity contribution in [3.63, 3.8) is 0 Å². The Hall–Kier alpha value is -4.73. The van der Waals surface area contributed by atoms with Crippen LogP contribution in [-0.2, 0) is 27.2 Å². The lowest BCUT2D eigenvalue weighted by Gasteiger charge is -2.10. The first-order chi connectivity index (χ1) is 17.8. The lowest BCUT2D eigenvalue weighted by atomic mass is 10.2. The van der Waals surface area contributed by atoms with Crippen molar-refractivity contribution in [1.82, 2.24) is 27.8 Å². The molecular formula is C27H24N6O4. The van der Waals surface area contributed by atoms with Gasteiger partial charge in [-0.2, -0.15) is 0 Å². The Morgan fingerprint density at radius 3 is 2.14 bits per heavy atom. The smallest absolute Gasteiger partial charge is 0.295 e. The molecule has 0 amide bonds. The van der Waals surface area contributed by atoms with Gasteiger partial charge in [0.1, 0.15) is 5.65 Å². The number of aromatic nitrogens is 6. The van der Waals surface area contributed by atoms with Gasteiger partial charge in [0.15, 0.2) is 5.65 Å². The van der Waals surface area contributed by atoms with Gasteiger partial charge in [0.05, 0.1) is 22.0 Å². The second kappa shape index (κ2) is 7.89. The molecule has 0 bridgehead atoms. The molecular weight excluding hydrogens is 472 g/mol. The van der Waals surface area contributed by atoms with E-state index in [9.17, 15) is 19.2 Å². The van der Waals surface area contributed by atoms with E-state index in [2.05, 4.69) is 0 Å². The molecule has 3 aromatic heterocycles. The number of rotatable bonds is 3. The first-order valence-corrected chi connectivity index (χ1v) is 12.1. The highest BCUT2D eigenvalue weighted by Gasteiger charge is 2.24. The third-order valence-electron chi connectivity index (χ3n) is 7.14. The lowest BCUT2D eigenvalue weighted by Crippen LogP contribution is -2.39. The van der Waals surface area contributed by atoms with Gasteiger partial charge in [0.25, 0.3) is 11.1 Å². The summed E-state index contributed by atoms with van der Waals surface area (Å²) in [5, 5.41) is 1.38. The quantitative estimate of drug-likeness (QED) is 0.374. The predicted octanol–water partition coefficient (Wildman–Crippen LogP) is 2.20. The van der Waals surface area contributed by atoms with Crippen LogP contribution in [0, 0.1) is 0 Å². The monoisotopic (exact) mass is 496 g/mol. The van der Waals surface area contributed by atoms with Gasteiger partial charge in [-0.3, -0.25) is 32.4 Å². The van der Waals surface area contributed by atoms with Crippen LogP contribution in [0.25, 0.3) is 49.9 Å². The average Bonchev–Trinajstić information content (AvgIpc) is 3.36. The summed E-state index contributed by atoms with van der Waals surface area (Å²) in [5.74, 6) is 0. The Morgan fingerprint density at radius 2 is 1.46 bits per heavy atom. The van der Waals surface area contributed by atoms with E-state index in [4.69, 9.17) is 4.98 Å². The summed E-state index contributed by atoms with van der Waals surface area (Å²) in [6.07, 6.45) is 0. The molecule has 6 rings (SSSR count). The standard InChI is InChI=1S/C27H24N6O4/c1-5-31-22-20(25(35)32(6-2)27(31)37)16-12-13-17-19(14-18(16)28-22)33(15-10-8-7-9-11-15)23-21(17)24(34)30(4)26(36)29(23)3/h7-14H,5-6H2,1-4H3. The molecule has 2 aliphatic rings. The molecule has 0 saturated heterocycles. The molecule has 0 spiro atoms. The maximum absolute atomic E-state index is 13.4. The summed E-state index contributed by atoms with van der Waals surface area (Å²) in [6, 6.07) is 14.8. The largest absolute Gasteiger partial charge is 0.332 e. The second-order valence-electron chi connectivity index (χ2n) is 9.04. The zero-order chi connectivity index (χ0) is 26.2. The summed E-state index contributed by atoms with van der Waals surface area (Å²) in [6.45, 7) is 4.21. The van der Waals surface area contributed by atoms with Gasteiger partial charge in [0.2, 0.25) is 0 Å². The van der Waals surface area contributed by atoms with E-state index in [1.165, 1.54) is 20.7 Å². The fraction of sp³-hybridized carbons (Fsp3) is 0.222. The van der Waals surface area contributed by atoms with Crippen molar-refractivity contribution in [1.29, 1.82) is 0 Å². The van der Waals surface area contributed by atoms with E-state index in [1.807, 2.05) is 47.9 Å². The van der Waals surface area contributed by atoms with Gasteiger partial charge < -0.3 is 0 Å². The van der Waals surface area contributed by atoms with Crippen molar-refractivity contribution in [2.45, 2.75) is 26.9 Å². The summed E-state index contributed by atoms with van der Waals surface area (Å²) in [5.41, 5.74) is 1.70. The molecule has 0 unspecified atom stereocenters. The topological polar surface area (TPSA) is 106 Å². The fourth-order valence-electron chi connectivity index (χ4n) is 5.32. The summed E-state index contributed by atoms with van der Waals surface area (Å²) in [4.78, 5) is 57.3. The van der Waals surface area contributed by atoms with E-state index in [0.717, 1.165) is 10.3 Å². The Labute approximate surface area is 209 Å². The molecule has 0 atom stereocenters. The molecule has 0 radical (unpaired) electrons. The number of aryl methyl sites for hydroxylation is 2. The number of para-hydroxylation sites is 1. The van der Waals surface area contributed by atoms with Crippen LogP contribution in [0.3, 0.4) is 0 Å². The summed E-state index contributed by atoms with van der Waals surface area (Å²) in [7, 11) is 3.10. The third-order valence-corrected chi connectivity index (χ3v) is 7.14. The molecule has 10 nitrogen and oxygen atoms in total. The van der Waals surface area contributed by atoms with Crippen LogP contribution in [-0.4, -0.2) is 27.8 Å². The van der Waals surface area contributed by atoms with Crippen LogP contribution in [0.4, 0.5) is 0 Å². The minimum Gasteiger partial charge on any atom is -0.295 e. The summed E-state index contributed by atoms with van der Waals surface area (Å²) < 4.78 is 7.14. The van der Waals surface area contributed by atoms with Gasteiger partial charge >= 0.3 is 11.4 Å². The van der Waals surface area contributed by atoms with E-state index in [0.29, 0.717) is 50.8 Å². The van der Waals surface area contributed by atoms with Crippen LogP contribution in [0.2, 0.25) is 0 Å². The zero-order valence-electron chi connectivity index (χ0n) is 20.8. The van der Waals surface area contributed by atoms with E-state index < -0.39 is 16.9 Å². The maximum Gasteiger partial charge on any atom is 0.332 e. The molecule has 0 saturated carbocycles. The van der Waals surface area contributed by atoms with Crippen LogP contribution in [0.15, 0.2) is 67.7 Å². The van der Waals surface area contributed by atoms with Crippen LogP contribution >= 0.6 is 0 Å². The van der Waals surface area contributed by atoms with Gasteiger partial charge in [-0.05, 0) is 32.0 Å². The number of hydrogen-bond donors (Lipinski definition) is 0. The summed E-state index contributed by atoms with van der Waals surface area (Å²) >= 11 is 0. The minimum absolute atomic E-state index is 0.245. The normalized spacial score (nSPS) is 11.9. The van der Waals surface area contributed by atoms with Crippen molar-refractivity contribution >= 4 is 33.0 Å². The predicted molar refractivity (Wildman–Crippen MR) is 143 cm³/mol. The van der Waals surface area contributed by atoms with Gasteiger partial charge in [0, 0.05) is 43.8 Å². The van der Waals surface area contributed by atoms with Gasteiger partial charge in [-0.15, -0.1) is 0 Å². The number of fused-ring (bicyclic) bond motifs is 6. The van der Waals surface area contributed by atoms with Crippen molar-refractivity contribution in [3.05, 3.63) is 90.2 Å². The van der Waals surface area contributed by atoms with Crippen LogP contribution in [0.1, 0.15) is 13.8 Å². The molecule has 0 N–H and O–H groups in total. The Morgan fingerprint density at radius 1 is 0.757 bits per heavy atom. The second-order valence-corrected chi connectivity index (χ2v) is 9.04. The Bertz CT molecular complexity index is 2110. The van der Waals surface area contributed by atoms with E-state index in [-0.39, 0.29) is 12.1 Å². The van der Waals surface area contributed by atoms with E-state index >= 15 is 0 Å². The lowest BCUT2D eigenvalue weighted by molar-refractivity contribution is 0.607. The third kappa shape index (κ3) is 2.89. The molecule has 1 aliphatic carbocycles. The molecule has 4 heterocycles. The SMILES string of the molecule is CCn1c(=O)c2c3ccc4c5c(=O)n(C)c(=O)n(C)c5n(-c5ccccc5)c4cc-3nc2n(CC)c1=O. The maximum atomic E-state index is 13.4. The van der Waals surface area contributed by atoms with Crippen molar-refractivity contribution in [2.24, 2.45) is 14.1 Å². The zero-order valence-corrected chi connectivity index (χ0v) is 20.8. The highest BCUT2D eigenvalue weighted by molar-refractivity contribution is 6.09. The van der Waals surface area contributed by atoms with Gasteiger partial charge in [-0.1, -0.05) is 30.3 Å². The average molecular weight is 497 g/mol. The Kier molecular flexibility index (Phi) is 4.84. The van der Waals surface area contributed by atoms with Crippen molar-refractivity contribution < 1.29 is 0 Å².